The smallest absolute Gasteiger partial charge is 0.328 e. The lowest BCUT2D eigenvalue weighted by molar-refractivity contribution is 0.256. The molecule has 0 bridgehead atoms. The monoisotopic (exact) mass is 1070 g/mol. The van der Waals surface area contributed by atoms with Crippen molar-refractivity contribution < 1.29 is 18.6 Å². The third kappa shape index (κ3) is 10.1. The number of hydrogen-bond acceptors (Lipinski definition) is 7. The Bertz CT molecular complexity index is 4210. The van der Waals surface area contributed by atoms with Gasteiger partial charge in [0.05, 0.1) is 30.5 Å². The molecule has 0 fully saturated rings. The highest BCUT2D eigenvalue weighted by Crippen LogP contribution is 2.39. The molecule has 7 aromatic carbocycles. The van der Waals surface area contributed by atoms with Crippen LogP contribution in [0.15, 0.2) is 221 Å². The number of nitrogens with zero attached hydrogens (tertiary/aromatic N) is 6. The Morgan fingerprint density at radius 2 is 1.15 bits per heavy atom. The van der Waals surface area contributed by atoms with Gasteiger partial charge in [0, 0.05) is 33.3 Å². The zero-order valence-corrected chi connectivity index (χ0v) is 46.8. The molecular formula is C70H60B2N6O4. The van der Waals surface area contributed by atoms with Crippen LogP contribution in [-0.4, -0.2) is 58.9 Å². The van der Waals surface area contributed by atoms with Crippen LogP contribution in [-0.2, 0) is 4.74 Å². The van der Waals surface area contributed by atoms with E-state index in [0.717, 1.165) is 44.1 Å². The fourth-order valence-electron chi connectivity index (χ4n) is 11.4. The molecular weight excluding hydrogens is 1010 g/mol. The number of rotatable bonds is 16. The molecule has 4 heterocycles. The van der Waals surface area contributed by atoms with Crippen molar-refractivity contribution >= 4 is 74.6 Å². The van der Waals surface area contributed by atoms with Crippen molar-refractivity contribution in [2.45, 2.75) is 53.7 Å². The Hall–Kier alpha value is -9.77. The topological polar surface area (TPSA) is 104 Å². The van der Waals surface area contributed by atoms with E-state index in [1.807, 2.05) is 92.7 Å². The van der Waals surface area contributed by atoms with Crippen LogP contribution in [0.25, 0.3) is 60.5 Å². The summed E-state index contributed by atoms with van der Waals surface area (Å²) < 4.78 is 31.6. The zero-order valence-electron chi connectivity index (χ0n) is 46.8. The molecule has 12 rings (SSSR count). The minimum Gasteiger partial charge on any atom is -0.493 e. The summed E-state index contributed by atoms with van der Waals surface area (Å²) in [6, 6.07) is 66.2. The summed E-state index contributed by atoms with van der Waals surface area (Å²) in [7, 11) is 0. The molecule has 3 aromatic heterocycles. The van der Waals surface area contributed by atoms with E-state index in [4.69, 9.17) is 28.6 Å². The Labute approximate surface area is 479 Å². The van der Waals surface area contributed by atoms with E-state index < -0.39 is 19.8 Å². The zero-order chi connectivity index (χ0) is 56.4. The normalized spacial score (nSPS) is 15.3. The summed E-state index contributed by atoms with van der Waals surface area (Å²) in [4.78, 5) is 15.1. The van der Waals surface area contributed by atoms with E-state index >= 15 is 0 Å². The van der Waals surface area contributed by atoms with Crippen LogP contribution in [0.2, 0.25) is 0 Å². The summed E-state index contributed by atoms with van der Waals surface area (Å²) in [5, 5.41) is 14.8. The van der Waals surface area contributed by atoms with Gasteiger partial charge in [-0.25, -0.2) is 14.8 Å². The summed E-state index contributed by atoms with van der Waals surface area (Å²) >= 11 is 0. The van der Waals surface area contributed by atoms with Crippen LogP contribution in [0.1, 0.15) is 46.1 Å². The lowest BCUT2D eigenvalue weighted by Gasteiger charge is -2.24. The van der Waals surface area contributed by atoms with Crippen LogP contribution in [0.4, 0.5) is 0 Å². The molecule has 0 spiro atoms. The summed E-state index contributed by atoms with van der Waals surface area (Å²) in [5.74, 6) is 2.20. The van der Waals surface area contributed by atoms with Gasteiger partial charge in [-0.05, 0) is 73.7 Å². The van der Waals surface area contributed by atoms with E-state index in [9.17, 15) is 11.8 Å². The first-order valence-electron chi connectivity index (χ1n) is 28.1. The molecule has 2 aliphatic rings. The number of benzene rings is 7. The molecule has 0 N–H and O–H groups in total. The van der Waals surface area contributed by atoms with Crippen molar-refractivity contribution in [2.24, 2.45) is 16.8 Å². The largest absolute Gasteiger partial charge is 0.493 e. The average molecular weight is 1070 g/mol. The second kappa shape index (κ2) is 22.8. The highest BCUT2D eigenvalue weighted by atomic mass is 16.5. The number of oxazole rings is 1. The Morgan fingerprint density at radius 1 is 0.646 bits per heavy atom. The van der Waals surface area contributed by atoms with Gasteiger partial charge in [0.25, 0.3) is 5.70 Å². The van der Waals surface area contributed by atoms with Crippen molar-refractivity contribution in [3.8, 4) is 40.1 Å². The van der Waals surface area contributed by atoms with Crippen LogP contribution < -0.4 is 42.0 Å². The van der Waals surface area contributed by atoms with Gasteiger partial charge in [0.15, 0.2) is 5.58 Å². The van der Waals surface area contributed by atoms with Crippen molar-refractivity contribution in [1.82, 2.24) is 13.9 Å². The molecule has 400 valence electrons. The Morgan fingerprint density at radius 3 is 1.63 bits per heavy atom. The maximum atomic E-state index is 12.4. The van der Waals surface area contributed by atoms with E-state index in [2.05, 4.69) is 175 Å². The van der Waals surface area contributed by atoms with E-state index in [1.165, 1.54) is 0 Å². The molecule has 2 unspecified atom stereocenters. The van der Waals surface area contributed by atoms with Gasteiger partial charge < -0.3 is 27.6 Å². The van der Waals surface area contributed by atoms with Crippen LogP contribution in [0.3, 0.4) is 0 Å². The molecule has 10 nitrogen and oxygen atoms in total. The standard InChI is InChI=1S/C70H60B2N6O4/c1-45(2)43-79-55-32-20-22-49(40-55)65-62-63(68(64(74-7)70-76-59-39-48(6)35-37-61(59)82-70)78(65)72(53-28-16-10-17-29-53)54-30-18-11-19-31-54)66(50-23-21-33-56(41-50)80-44-46(3)4)77(71(51-24-12-8-13-25-51)52-26-14-9-15-27-52)67(62)57(42-73)69-75-58-38-47(5)34-36-60(58)81-69/h8-41,45-46,58,60H,43-44H2,1-6H3/b67-57-,68-64+. The second-order valence-electron chi connectivity index (χ2n) is 22.0. The number of ether oxygens (including phenoxy) is 3. The van der Waals surface area contributed by atoms with Crippen molar-refractivity contribution in [3.63, 3.8) is 0 Å². The first kappa shape index (κ1) is 52.9. The van der Waals surface area contributed by atoms with Gasteiger partial charge in [0.2, 0.25) is 11.8 Å². The molecule has 1 aliphatic heterocycles. The molecule has 1 aliphatic carbocycles. The molecule has 10 aromatic rings. The average Bonchev–Trinajstić information content (AvgIpc) is 2.67. The maximum Gasteiger partial charge on any atom is 0.328 e. The highest BCUT2D eigenvalue weighted by molar-refractivity contribution is 6.85. The lowest BCUT2D eigenvalue weighted by Crippen LogP contribution is -2.54. The molecule has 12 heteroatoms. The molecule has 0 saturated carbocycles. The summed E-state index contributed by atoms with van der Waals surface area (Å²) in [6.07, 6.45) is 5.73. The minimum absolute atomic E-state index is 0.152. The number of aryl methyl sites for hydroxylation is 1. The predicted octanol–water partition coefficient (Wildman–Crippen LogP) is 11.0. The second-order valence-corrected chi connectivity index (χ2v) is 22.0. The number of aliphatic imine (C=N–C) groups is 1. The Balaban J connectivity index is 1.42. The third-order valence-electron chi connectivity index (χ3n) is 15.0. The van der Waals surface area contributed by atoms with Gasteiger partial charge in [-0.15, -0.1) is 0 Å². The quantitative estimate of drug-likeness (QED) is 0.0705. The molecule has 2 atom stereocenters. The van der Waals surface area contributed by atoms with Crippen molar-refractivity contribution in [3.05, 3.63) is 245 Å². The van der Waals surface area contributed by atoms with Crippen LogP contribution in [0.5, 0.6) is 11.5 Å². The van der Waals surface area contributed by atoms with E-state index in [0.29, 0.717) is 68.7 Å². The first-order valence-corrected chi connectivity index (χ1v) is 28.1. The van der Waals surface area contributed by atoms with Gasteiger partial charge in [0.1, 0.15) is 40.8 Å². The van der Waals surface area contributed by atoms with E-state index in [1.54, 1.807) is 0 Å². The number of fused-ring (bicyclic) bond motifs is 3. The Kier molecular flexibility index (Phi) is 14.7. The third-order valence-corrected chi connectivity index (χ3v) is 15.0. The first-order chi connectivity index (χ1) is 40.1. The predicted molar refractivity (Wildman–Crippen MR) is 333 cm³/mol. The molecule has 0 amide bonds. The number of hydrogen-bond donors (Lipinski definition) is 0. The molecule has 0 saturated heterocycles. The van der Waals surface area contributed by atoms with Gasteiger partial charge in [-0.3, -0.25) is 0 Å². The molecule has 0 radical (unpaired) electrons. The van der Waals surface area contributed by atoms with Gasteiger partial charge >= 0.3 is 13.7 Å². The van der Waals surface area contributed by atoms with Crippen molar-refractivity contribution in [2.75, 3.05) is 13.2 Å². The highest BCUT2D eigenvalue weighted by Gasteiger charge is 2.40. The van der Waals surface area contributed by atoms with Gasteiger partial charge in [-0.1, -0.05) is 219 Å². The van der Waals surface area contributed by atoms with Gasteiger partial charge in [-0.2, -0.15) is 5.26 Å². The van der Waals surface area contributed by atoms with E-state index in [-0.39, 0.29) is 40.9 Å². The SMILES string of the molecule is [C-]#[N+]/C(c1nc2cc(C)ccc2o1)=c1\c2c(-c3cccc(OCC(C)C)c3)n(B(c3ccccc3)c3ccccc3)/c(=C(/C#N)C3=NC4C=C(C)C=CC4O3)c2c(-c2cccc(OCC(C)C)c2)n1B(c1ccccc1)c1ccccc1. The fraction of sp³-hybridized carbons (Fsp3) is 0.171. The number of allylic oxidation sites excluding steroid dienone is 2. The summed E-state index contributed by atoms with van der Waals surface area (Å²) in [5.41, 5.74) is 10.5. The van der Waals surface area contributed by atoms with Crippen LogP contribution >= 0.6 is 0 Å². The van der Waals surface area contributed by atoms with Crippen molar-refractivity contribution in [1.29, 1.82) is 5.26 Å². The maximum absolute atomic E-state index is 12.4. The molecule has 82 heavy (non-hydrogen) atoms. The van der Waals surface area contributed by atoms with Crippen LogP contribution in [0, 0.1) is 36.7 Å². The number of aromatic nitrogens is 3. The minimum atomic E-state index is -0.593. The number of nitriles is 1. The fourth-order valence-corrected chi connectivity index (χ4v) is 11.4. The summed E-state index contributed by atoms with van der Waals surface area (Å²) in [6.45, 7) is 22.0. The lowest BCUT2D eigenvalue weighted by atomic mass is 9.50.